The molecule has 1 amide bonds. The van der Waals surface area contributed by atoms with Crippen LogP contribution in [-0.4, -0.2) is 69.4 Å². The summed E-state index contributed by atoms with van der Waals surface area (Å²) in [6.07, 6.45) is 61.8. The van der Waals surface area contributed by atoms with Crippen LogP contribution in [0.2, 0.25) is 0 Å². The number of nitrogens with one attached hydrogen (secondary N) is 1. The zero-order valence-corrected chi connectivity index (χ0v) is 47.4. The van der Waals surface area contributed by atoms with Gasteiger partial charge in [0.25, 0.3) is 7.82 Å². The molecule has 0 heterocycles. The van der Waals surface area contributed by atoms with Gasteiger partial charge in [0.05, 0.1) is 33.8 Å². The number of nitrogens with zero attached hydrogens (tertiary/aromatic N) is 1. The number of unbranched alkanes of at least 4 members (excludes halogenated alkanes) is 28. The number of allylic oxidation sites excluding steroid dienone is 9. The monoisotopic (exact) mass is 1000 g/mol. The van der Waals surface area contributed by atoms with Crippen molar-refractivity contribution in [2.75, 3.05) is 40.9 Å². The molecule has 1 N–H and O–H groups in total. The van der Waals surface area contributed by atoms with Crippen molar-refractivity contribution in [2.45, 2.75) is 270 Å². The average molecular weight is 1000 g/mol. The van der Waals surface area contributed by atoms with Gasteiger partial charge >= 0.3 is 5.97 Å². The van der Waals surface area contributed by atoms with Gasteiger partial charge in [0.1, 0.15) is 19.3 Å². The Balaban J connectivity index is 5.37. The molecule has 0 aromatic carbocycles. The lowest BCUT2D eigenvalue weighted by Crippen LogP contribution is -2.47. The summed E-state index contributed by atoms with van der Waals surface area (Å²) in [5.74, 6) is -0.558. The third kappa shape index (κ3) is 50.6. The van der Waals surface area contributed by atoms with E-state index < -0.39 is 26.6 Å². The molecule has 0 aromatic rings. The van der Waals surface area contributed by atoms with E-state index in [0.29, 0.717) is 17.4 Å². The van der Waals surface area contributed by atoms with Crippen molar-refractivity contribution in [3.63, 3.8) is 0 Å². The maximum absolute atomic E-state index is 13.5. The fourth-order valence-corrected chi connectivity index (χ4v) is 8.90. The molecule has 0 fully saturated rings. The average Bonchev–Trinajstić information content (AvgIpc) is 3.32. The second-order valence-electron chi connectivity index (χ2n) is 20.8. The highest BCUT2D eigenvalue weighted by Gasteiger charge is 2.27. The Bertz CT molecular complexity index is 1390. The smallest absolute Gasteiger partial charge is 0.306 e. The Kier molecular flexibility index (Phi) is 48.6. The largest absolute Gasteiger partial charge is 0.756 e. The van der Waals surface area contributed by atoms with Gasteiger partial charge in [-0.3, -0.25) is 14.2 Å². The first-order valence-electron chi connectivity index (χ1n) is 29.1. The number of esters is 1. The number of amides is 1. The SMILES string of the molecule is CC/C=C/C/C=C/CCCCCCCCCC(=O)NC(COP(=O)([O-])OCC[N+](C)(C)C)C(/C=C/CCCCCCCCCCCCC)OC(=O)CCCCCCCCC/C=C\C/C=C\CCCCC. The first kappa shape index (κ1) is 67.7. The Morgan fingerprint density at radius 2 is 0.914 bits per heavy atom. The summed E-state index contributed by atoms with van der Waals surface area (Å²) in [5, 5.41) is 3.02. The molecule has 0 radical (unpaired) electrons. The van der Waals surface area contributed by atoms with Crippen LogP contribution in [0.1, 0.15) is 258 Å². The molecule has 70 heavy (non-hydrogen) atoms. The topological polar surface area (TPSA) is 114 Å². The van der Waals surface area contributed by atoms with E-state index in [9.17, 15) is 19.0 Å². The summed E-state index contributed by atoms with van der Waals surface area (Å²) >= 11 is 0. The molecule has 408 valence electrons. The molecule has 0 aromatic heterocycles. The molecule has 0 spiro atoms. The molecule has 0 saturated heterocycles. The summed E-state index contributed by atoms with van der Waals surface area (Å²) in [4.78, 5) is 39.9. The number of phosphoric acid groups is 1. The van der Waals surface area contributed by atoms with Gasteiger partial charge in [0.2, 0.25) is 5.91 Å². The highest BCUT2D eigenvalue weighted by molar-refractivity contribution is 7.45. The summed E-state index contributed by atoms with van der Waals surface area (Å²) < 4.78 is 30.2. The van der Waals surface area contributed by atoms with Gasteiger partial charge in [-0.2, -0.15) is 0 Å². The minimum absolute atomic E-state index is 0.0265. The predicted molar refractivity (Wildman–Crippen MR) is 298 cm³/mol. The quantitative estimate of drug-likeness (QED) is 0.0212. The molecule has 3 unspecified atom stereocenters. The van der Waals surface area contributed by atoms with Crippen molar-refractivity contribution in [2.24, 2.45) is 0 Å². The fraction of sp³-hybridized carbons (Fsp3) is 0.800. The summed E-state index contributed by atoms with van der Waals surface area (Å²) in [7, 11) is 1.17. The van der Waals surface area contributed by atoms with Crippen LogP contribution in [0, 0.1) is 0 Å². The molecule has 0 aliphatic heterocycles. The molecule has 0 aliphatic carbocycles. The summed E-state index contributed by atoms with van der Waals surface area (Å²) in [6.45, 7) is 6.70. The number of rotatable bonds is 52. The number of likely N-dealkylation sites (N-methyl/N-ethyl adjacent to an activating group) is 1. The molecular weight excluding hydrogens is 892 g/mol. The lowest BCUT2D eigenvalue weighted by Gasteiger charge is -2.30. The van der Waals surface area contributed by atoms with Crippen molar-refractivity contribution in [1.82, 2.24) is 5.32 Å². The van der Waals surface area contributed by atoms with E-state index >= 15 is 0 Å². The molecule has 10 heteroatoms. The molecular formula is C60H111N2O7P. The highest BCUT2D eigenvalue weighted by atomic mass is 31.2. The number of hydrogen-bond donors (Lipinski definition) is 1. The third-order valence-corrected chi connectivity index (χ3v) is 13.6. The Labute approximate surface area is 432 Å². The first-order chi connectivity index (χ1) is 33.9. The van der Waals surface area contributed by atoms with Crippen molar-refractivity contribution in [1.29, 1.82) is 0 Å². The van der Waals surface area contributed by atoms with E-state index in [4.69, 9.17) is 13.8 Å². The molecule has 9 nitrogen and oxygen atoms in total. The fourth-order valence-electron chi connectivity index (χ4n) is 8.18. The predicted octanol–water partition coefficient (Wildman–Crippen LogP) is 16.9. The van der Waals surface area contributed by atoms with Gasteiger partial charge in [-0.15, -0.1) is 0 Å². The van der Waals surface area contributed by atoms with Crippen molar-refractivity contribution >= 4 is 19.7 Å². The van der Waals surface area contributed by atoms with Crippen LogP contribution in [0.25, 0.3) is 0 Å². The van der Waals surface area contributed by atoms with Gasteiger partial charge in [0.15, 0.2) is 0 Å². The Morgan fingerprint density at radius 3 is 1.39 bits per heavy atom. The zero-order valence-electron chi connectivity index (χ0n) is 46.5. The lowest BCUT2D eigenvalue weighted by molar-refractivity contribution is -0.870. The second kappa shape index (κ2) is 50.3. The maximum atomic E-state index is 13.5. The van der Waals surface area contributed by atoms with Crippen molar-refractivity contribution in [3.05, 3.63) is 60.8 Å². The number of quaternary nitrogens is 1. The van der Waals surface area contributed by atoms with Crippen LogP contribution in [0.15, 0.2) is 60.8 Å². The minimum Gasteiger partial charge on any atom is -0.756 e. The van der Waals surface area contributed by atoms with Gasteiger partial charge in [0, 0.05) is 12.8 Å². The van der Waals surface area contributed by atoms with Crippen LogP contribution in [0.5, 0.6) is 0 Å². The van der Waals surface area contributed by atoms with Crippen molar-refractivity contribution < 1.29 is 37.3 Å². The zero-order chi connectivity index (χ0) is 51.5. The molecule has 0 rings (SSSR count). The van der Waals surface area contributed by atoms with Crippen LogP contribution < -0.4 is 10.2 Å². The standard InChI is InChI=1S/C60H111N2O7P/c1-7-10-13-16-19-22-25-28-30-31-32-35-38-41-44-47-50-53-60(64)69-58(51-48-45-42-39-36-33-27-24-21-18-15-12-9-3)57(56-68-70(65,66)67-55-54-62(4,5)6)61-59(63)52-49-46-43-40-37-34-29-26-23-20-17-14-11-8-2/h11,14,19-20,22-23,28,30,48,51,57-58H,7-10,12-13,15-18,21,24-27,29,31-47,49-50,52-56H2,1-6H3,(H-,61,63,65,66)/b14-11+,22-19-,23-20+,30-28-,51-48+. The number of carbonyl (C=O) groups is 2. The molecule has 0 saturated carbocycles. The van der Waals surface area contributed by atoms with Crippen LogP contribution in [0.4, 0.5) is 0 Å². The molecule has 3 atom stereocenters. The third-order valence-electron chi connectivity index (χ3n) is 12.7. The van der Waals surface area contributed by atoms with E-state index in [1.165, 1.54) is 122 Å². The second-order valence-corrected chi connectivity index (χ2v) is 22.2. The Morgan fingerprint density at radius 1 is 0.514 bits per heavy atom. The summed E-state index contributed by atoms with van der Waals surface area (Å²) in [6, 6.07) is -0.895. The lowest BCUT2D eigenvalue weighted by atomic mass is 10.0. The molecule has 0 aliphatic rings. The van der Waals surface area contributed by atoms with Gasteiger partial charge in [-0.1, -0.05) is 217 Å². The molecule has 0 bridgehead atoms. The number of carbonyl (C=O) groups excluding carboxylic acids is 2. The minimum atomic E-state index is -4.70. The van der Waals surface area contributed by atoms with E-state index in [0.717, 1.165) is 103 Å². The maximum Gasteiger partial charge on any atom is 0.306 e. The van der Waals surface area contributed by atoms with Gasteiger partial charge < -0.3 is 28.5 Å². The van der Waals surface area contributed by atoms with E-state index in [-0.39, 0.29) is 24.9 Å². The number of phosphoric ester groups is 1. The van der Waals surface area contributed by atoms with Crippen LogP contribution >= 0.6 is 7.82 Å². The normalized spacial score (nSPS) is 14.2. The summed E-state index contributed by atoms with van der Waals surface area (Å²) in [5.41, 5.74) is 0. The van der Waals surface area contributed by atoms with Crippen LogP contribution in [0.3, 0.4) is 0 Å². The van der Waals surface area contributed by atoms with Gasteiger partial charge in [-0.25, -0.2) is 0 Å². The number of hydrogen-bond acceptors (Lipinski definition) is 7. The number of ether oxygens (including phenoxy) is 1. The van der Waals surface area contributed by atoms with E-state index in [1.807, 2.05) is 33.3 Å². The van der Waals surface area contributed by atoms with Gasteiger partial charge in [-0.05, 0) is 89.5 Å². The first-order valence-corrected chi connectivity index (χ1v) is 30.6. The van der Waals surface area contributed by atoms with E-state index in [1.54, 1.807) is 0 Å². The Hall–Kier alpha value is -2.29. The highest BCUT2D eigenvalue weighted by Crippen LogP contribution is 2.38. The van der Waals surface area contributed by atoms with Crippen LogP contribution in [-0.2, 0) is 27.9 Å². The van der Waals surface area contributed by atoms with E-state index in [2.05, 4.69) is 74.7 Å². The van der Waals surface area contributed by atoms with Crippen molar-refractivity contribution in [3.8, 4) is 0 Å².